The molecule has 20 heavy (non-hydrogen) atoms. The molecule has 0 fully saturated rings. The quantitative estimate of drug-likeness (QED) is 0.865. The molecule has 2 aromatic carbocycles. The maximum Gasteiger partial charge on any atom is 0.000167 e. The zero-order chi connectivity index (χ0) is 14.5. The monoisotopic (exact) mass is 267 g/mol. The van der Waals surface area contributed by atoms with Gasteiger partial charge in [-0.25, -0.2) is 0 Å². The van der Waals surface area contributed by atoms with Crippen LogP contribution in [0.4, 0.5) is 0 Å². The van der Waals surface area contributed by atoms with Crippen LogP contribution in [0.25, 0.3) is 0 Å². The molecular formula is C19H25N. The van der Waals surface area contributed by atoms with E-state index in [-0.39, 0.29) is 0 Å². The minimum atomic E-state index is 0.404. The van der Waals surface area contributed by atoms with Gasteiger partial charge in [0.05, 0.1) is 0 Å². The fourth-order valence-corrected chi connectivity index (χ4v) is 2.55. The van der Waals surface area contributed by atoms with Crippen molar-refractivity contribution in [3.63, 3.8) is 0 Å². The van der Waals surface area contributed by atoms with Gasteiger partial charge in [0.2, 0.25) is 0 Å². The molecule has 1 heteroatoms. The maximum absolute atomic E-state index is 6.00. The van der Waals surface area contributed by atoms with E-state index in [0.29, 0.717) is 12.5 Å². The molecule has 0 aliphatic carbocycles. The first-order valence-corrected chi connectivity index (χ1v) is 7.49. The predicted octanol–water partition coefficient (Wildman–Crippen LogP) is 4.15. The molecule has 2 rings (SSSR count). The second-order valence-electron chi connectivity index (χ2n) is 5.65. The second-order valence-corrected chi connectivity index (χ2v) is 5.65. The van der Waals surface area contributed by atoms with Crippen molar-refractivity contribution >= 4 is 0 Å². The molecule has 1 nitrogen and oxygen atoms in total. The zero-order valence-corrected chi connectivity index (χ0v) is 12.8. The van der Waals surface area contributed by atoms with Crippen molar-refractivity contribution in [1.29, 1.82) is 0 Å². The lowest BCUT2D eigenvalue weighted by molar-refractivity contribution is 0.693. The second kappa shape index (κ2) is 6.71. The summed E-state index contributed by atoms with van der Waals surface area (Å²) < 4.78 is 0. The van der Waals surface area contributed by atoms with Crippen molar-refractivity contribution in [2.45, 2.75) is 39.5 Å². The van der Waals surface area contributed by atoms with Gasteiger partial charge in [-0.2, -0.15) is 0 Å². The maximum atomic E-state index is 6.00. The molecule has 2 aromatic rings. The van der Waals surface area contributed by atoms with E-state index < -0.39 is 0 Å². The molecule has 0 saturated carbocycles. The van der Waals surface area contributed by atoms with Gasteiger partial charge in [-0.3, -0.25) is 0 Å². The molecule has 0 aliphatic rings. The number of hydrogen-bond acceptors (Lipinski definition) is 1. The molecule has 0 aliphatic heterocycles. The molecule has 0 radical (unpaired) electrons. The number of hydrogen-bond donors (Lipinski definition) is 1. The van der Waals surface area contributed by atoms with Gasteiger partial charge in [0, 0.05) is 5.92 Å². The summed E-state index contributed by atoms with van der Waals surface area (Å²) in [5.74, 6) is 0.404. The van der Waals surface area contributed by atoms with E-state index in [4.69, 9.17) is 5.73 Å². The molecule has 1 unspecified atom stereocenters. The van der Waals surface area contributed by atoms with Crippen LogP contribution in [0.15, 0.2) is 42.5 Å². The minimum Gasteiger partial charge on any atom is -0.330 e. The Labute approximate surface area is 122 Å². The van der Waals surface area contributed by atoms with Crippen molar-refractivity contribution in [2.75, 3.05) is 6.54 Å². The molecule has 0 amide bonds. The number of benzene rings is 2. The van der Waals surface area contributed by atoms with E-state index in [1.807, 2.05) is 0 Å². The first kappa shape index (κ1) is 14.8. The molecular weight excluding hydrogens is 242 g/mol. The average Bonchev–Trinajstić information content (AvgIpc) is 2.48. The van der Waals surface area contributed by atoms with Gasteiger partial charge >= 0.3 is 0 Å². The topological polar surface area (TPSA) is 26.0 Å². The fourth-order valence-electron chi connectivity index (χ4n) is 2.55. The highest BCUT2D eigenvalue weighted by atomic mass is 14.5. The number of nitrogens with two attached hydrogens (primary N) is 1. The van der Waals surface area contributed by atoms with Crippen molar-refractivity contribution in [2.24, 2.45) is 5.73 Å². The van der Waals surface area contributed by atoms with Crippen LogP contribution in [-0.2, 0) is 12.8 Å². The van der Waals surface area contributed by atoms with Crippen LogP contribution in [0.2, 0.25) is 0 Å². The first-order chi connectivity index (χ1) is 9.63. The minimum absolute atomic E-state index is 0.404. The summed E-state index contributed by atoms with van der Waals surface area (Å²) in [6.07, 6.45) is 2.11. The largest absolute Gasteiger partial charge is 0.330 e. The van der Waals surface area contributed by atoms with Crippen LogP contribution in [0.5, 0.6) is 0 Å². The first-order valence-electron chi connectivity index (χ1n) is 7.49. The van der Waals surface area contributed by atoms with E-state index in [1.165, 1.54) is 27.8 Å². The Morgan fingerprint density at radius 2 is 1.55 bits per heavy atom. The highest BCUT2D eigenvalue weighted by molar-refractivity contribution is 5.33. The normalized spacial score (nSPS) is 12.4. The summed E-state index contributed by atoms with van der Waals surface area (Å²) in [5.41, 5.74) is 12.8. The lowest BCUT2D eigenvalue weighted by Crippen LogP contribution is -2.15. The Kier molecular flexibility index (Phi) is 4.97. The average molecular weight is 267 g/mol. The smallest absolute Gasteiger partial charge is 0.000167 e. The lowest BCUT2D eigenvalue weighted by atomic mass is 9.90. The highest BCUT2D eigenvalue weighted by Gasteiger charge is 2.11. The van der Waals surface area contributed by atoms with Crippen LogP contribution >= 0.6 is 0 Å². The van der Waals surface area contributed by atoms with E-state index in [9.17, 15) is 0 Å². The van der Waals surface area contributed by atoms with E-state index >= 15 is 0 Å². The van der Waals surface area contributed by atoms with Crippen molar-refractivity contribution in [3.8, 4) is 0 Å². The SMILES string of the molecule is CCc1ccc(CC(CN)c2ccc(C)c(C)c2)cc1. The van der Waals surface area contributed by atoms with Crippen molar-refractivity contribution < 1.29 is 0 Å². The van der Waals surface area contributed by atoms with Gasteiger partial charge in [-0.05, 0) is 61.1 Å². The molecule has 0 bridgehead atoms. The van der Waals surface area contributed by atoms with Crippen LogP contribution in [0.3, 0.4) is 0 Å². The molecule has 1 atom stereocenters. The molecule has 0 aromatic heterocycles. The van der Waals surface area contributed by atoms with Gasteiger partial charge < -0.3 is 5.73 Å². The lowest BCUT2D eigenvalue weighted by Gasteiger charge is -2.17. The summed E-state index contributed by atoms with van der Waals surface area (Å²) >= 11 is 0. The molecule has 0 saturated heterocycles. The zero-order valence-electron chi connectivity index (χ0n) is 12.8. The summed E-state index contributed by atoms with van der Waals surface area (Å²) in [5, 5.41) is 0. The summed E-state index contributed by atoms with van der Waals surface area (Å²) in [4.78, 5) is 0. The predicted molar refractivity (Wildman–Crippen MR) is 87.2 cm³/mol. The Balaban J connectivity index is 2.16. The van der Waals surface area contributed by atoms with Gasteiger partial charge in [-0.1, -0.05) is 49.4 Å². The molecule has 106 valence electrons. The van der Waals surface area contributed by atoms with Gasteiger partial charge in [0.15, 0.2) is 0 Å². The third kappa shape index (κ3) is 3.49. The summed E-state index contributed by atoms with van der Waals surface area (Å²) in [6.45, 7) is 7.20. The van der Waals surface area contributed by atoms with Crippen LogP contribution in [-0.4, -0.2) is 6.54 Å². The fraction of sp³-hybridized carbons (Fsp3) is 0.368. The van der Waals surface area contributed by atoms with Gasteiger partial charge in [0.25, 0.3) is 0 Å². The summed E-state index contributed by atoms with van der Waals surface area (Å²) in [7, 11) is 0. The Bertz CT molecular complexity index is 554. The van der Waals surface area contributed by atoms with Crippen LogP contribution in [0, 0.1) is 13.8 Å². The Hall–Kier alpha value is -1.60. The van der Waals surface area contributed by atoms with Crippen LogP contribution < -0.4 is 5.73 Å². The standard InChI is InChI=1S/C19H25N/c1-4-16-6-8-17(9-7-16)12-19(13-20)18-10-5-14(2)15(3)11-18/h5-11,19H,4,12-13,20H2,1-3H3. The Morgan fingerprint density at radius 3 is 2.10 bits per heavy atom. The van der Waals surface area contributed by atoms with E-state index in [2.05, 4.69) is 63.2 Å². The van der Waals surface area contributed by atoms with Crippen molar-refractivity contribution in [3.05, 3.63) is 70.3 Å². The Morgan fingerprint density at radius 1 is 0.900 bits per heavy atom. The molecule has 0 heterocycles. The van der Waals surface area contributed by atoms with Crippen molar-refractivity contribution in [1.82, 2.24) is 0 Å². The highest BCUT2D eigenvalue weighted by Crippen LogP contribution is 2.22. The third-order valence-corrected chi connectivity index (χ3v) is 4.20. The van der Waals surface area contributed by atoms with Gasteiger partial charge in [0.1, 0.15) is 0 Å². The van der Waals surface area contributed by atoms with E-state index in [0.717, 1.165) is 12.8 Å². The summed E-state index contributed by atoms with van der Waals surface area (Å²) in [6, 6.07) is 15.6. The number of rotatable bonds is 5. The van der Waals surface area contributed by atoms with Gasteiger partial charge in [-0.15, -0.1) is 0 Å². The molecule has 0 spiro atoms. The van der Waals surface area contributed by atoms with E-state index in [1.54, 1.807) is 0 Å². The number of aryl methyl sites for hydroxylation is 3. The van der Waals surface area contributed by atoms with Crippen LogP contribution in [0.1, 0.15) is 40.7 Å². The third-order valence-electron chi connectivity index (χ3n) is 4.20. The molecule has 2 N–H and O–H groups in total.